The number of carbonyl (C=O) groups excluding carboxylic acids is 3. The Balaban J connectivity index is 1.37. The van der Waals surface area contributed by atoms with E-state index in [1.807, 2.05) is 49.4 Å². The number of rotatable bonds is 2. The van der Waals surface area contributed by atoms with Gasteiger partial charge >= 0.3 is 6.03 Å². The molecule has 2 aliphatic heterocycles. The van der Waals surface area contributed by atoms with Gasteiger partial charge in [-0.1, -0.05) is 42.5 Å². The third kappa shape index (κ3) is 2.74. The summed E-state index contributed by atoms with van der Waals surface area (Å²) in [5.41, 5.74) is 3.37. The summed E-state index contributed by atoms with van der Waals surface area (Å²) >= 11 is 0. The molecule has 0 radical (unpaired) electrons. The third-order valence-corrected chi connectivity index (χ3v) is 6.45. The molecule has 2 heterocycles. The molecule has 5 rings (SSSR count). The Morgan fingerprint density at radius 3 is 2.55 bits per heavy atom. The molecule has 0 unspecified atom stereocenters. The van der Waals surface area contributed by atoms with Crippen molar-refractivity contribution >= 4 is 23.5 Å². The van der Waals surface area contributed by atoms with Crippen LogP contribution in [0.2, 0.25) is 0 Å². The Labute approximate surface area is 169 Å². The van der Waals surface area contributed by atoms with Crippen LogP contribution in [0.15, 0.2) is 48.5 Å². The van der Waals surface area contributed by atoms with Crippen LogP contribution < -0.4 is 10.2 Å². The number of nitrogens with zero attached hydrogens (tertiary/aromatic N) is 2. The lowest BCUT2D eigenvalue weighted by molar-refractivity contribution is -0.134. The Morgan fingerprint density at radius 2 is 1.76 bits per heavy atom. The predicted octanol–water partition coefficient (Wildman–Crippen LogP) is 2.44. The van der Waals surface area contributed by atoms with Crippen LogP contribution in [0.1, 0.15) is 30.0 Å². The molecule has 1 N–H and O–H groups in total. The van der Waals surface area contributed by atoms with Crippen molar-refractivity contribution in [2.24, 2.45) is 0 Å². The zero-order valence-corrected chi connectivity index (χ0v) is 16.4. The van der Waals surface area contributed by atoms with Crippen molar-refractivity contribution in [3.8, 4) is 0 Å². The summed E-state index contributed by atoms with van der Waals surface area (Å²) in [4.78, 5) is 41.8. The van der Waals surface area contributed by atoms with E-state index in [0.717, 1.165) is 34.6 Å². The summed E-state index contributed by atoms with van der Waals surface area (Å²) in [6.45, 7) is 1.76. The first kappa shape index (κ1) is 17.9. The highest BCUT2D eigenvalue weighted by Crippen LogP contribution is 2.35. The molecule has 2 aromatic carbocycles. The highest BCUT2D eigenvalue weighted by molar-refractivity contribution is 6.11. The summed E-state index contributed by atoms with van der Waals surface area (Å²) in [6.07, 6.45) is 2.55. The molecule has 6 nitrogen and oxygen atoms in total. The highest BCUT2D eigenvalue weighted by atomic mass is 16.2. The van der Waals surface area contributed by atoms with Gasteiger partial charge in [-0.05, 0) is 48.9 Å². The minimum atomic E-state index is -0.930. The second-order valence-corrected chi connectivity index (χ2v) is 8.29. The lowest BCUT2D eigenvalue weighted by atomic mass is 9.78. The van der Waals surface area contributed by atoms with Gasteiger partial charge in [0.2, 0.25) is 5.91 Å². The van der Waals surface area contributed by atoms with E-state index in [9.17, 15) is 14.4 Å². The Bertz CT molecular complexity index is 1030. The largest absolute Gasteiger partial charge is 0.325 e. The van der Waals surface area contributed by atoms with Gasteiger partial charge in [-0.3, -0.25) is 14.5 Å². The first-order chi connectivity index (χ1) is 14.0. The molecular weight excluding hydrogens is 366 g/mol. The van der Waals surface area contributed by atoms with E-state index in [-0.39, 0.29) is 24.4 Å². The normalized spacial score (nSPS) is 25.2. The standard InChI is InChI=1S/C23H23N3O3/c1-15-12-17-7-4-5-9-19(17)26(15)20(27)14-25-21(28)23(24-22(25)29)11-10-16-6-2-3-8-18(16)13-23/h2-9,15H,10-14H2,1H3,(H,24,29)/t15-,23-/m1/s1. The molecule has 1 aliphatic carbocycles. The van der Waals surface area contributed by atoms with Crippen molar-refractivity contribution in [3.63, 3.8) is 0 Å². The van der Waals surface area contributed by atoms with Gasteiger partial charge in [0, 0.05) is 18.2 Å². The first-order valence-electron chi connectivity index (χ1n) is 10.1. The molecule has 3 aliphatic rings. The minimum absolute atomic E-state index is 0.0104. The van der Waals surface area contributed by atoms with Crippen LogP contribution in [0.4, 0.5) is 10.5 Å². The SMILES string of the molecule is C[C@@H]1Cc2ccccc2N1C(=O)CN1C(=O)N[C@@]2(CCc3ccccc3C2)C1=O. The topological polar surface area (TPSA) is 69.7 Å². The van der Waals surface area contributed by atoms with Crippen molar-refractivity contribution in [3.05, 3.63) is 65.2 Å². The van der Waals surface area contributed by atoms with Crippen molar-refractivity contribution in [1.82, 2.24) is 10.2 Å². The van der Waals surface area contributed by atoms with E-state index in [0.29, 0.717) is 12.8 Å². The zero-order chi connectivity index (χ0) is 20.2. The number of para-hydroxylation sites is 1. The number of fused-ring (bicyclic) bond motifs is 2. The smallest absolute Gasteiger partial charge is 0.323 e. The second kappa shape index (κ2) is 6.44. The van der Waals surface area contributed by atoms with Crippen molar-refractivity contribution in [2.75, 3.05) is 11.4 Å². The predicted molar refractivity (Wildman–Crippen MR) is 109 cm³/mol. The van der Waals surface area contributed by atoms with Gasteiger partial charge in [-0.15, -0.1) is 0 Å². The molecule has 2 aromatic rings. The van der Waals surface area contributed by atoms with Crippen LogP contribution >= 0.6 is 0 Å². The molecule has 0 aromatic heterocycles. The number of amides is 4. The maximum atomic E-state index is 13.3. The Hall–Kier alpha value is -3.15. The van der Waals surface area contributed by atoms with Crippen LogP contribution in [0.3, 0.4) is 0 Å². The molecule has 1 saturated heterocycles. The molecule has 0 saturated carbocycles. The number of nitrogens with one attached hydrogen (secondary N) is 1. The molecule has 1 fully saturated rings. The van der Waals surface area contributed by atoms with Crippen LogP contribution in [-0.2, 0) is 28.9 Å². The number of carbonyl (C=O) groups is 3. The van der Waals surface area contributed by atoms with E-state index >= 15 is 0 Å². The average molecular weight is 389 g/mol. The summed E-state index contributed by atoms with van der Waals surface area (Å²) in [5.74, 6) is -0.510. The van der Waals surface area contributed by atoms with Crippen LogP contribution in [0.5, 0.6) is 0 Å². The number of hydrogen-bond donors (Lipinski definition) is 1. The monoisotopic (exact) mass is 389 g/mol. The lowest BCUT2D eigenvalue weighted by Gasteiger charge is -2.32. The Morgan fingerprint density at radius 1 is 1.07 bits per heavy atom. The van der Waals surface area contributed by atoms with E-state index in [1.165, 1.54) is 5.56 Å². The van der Waals surface area contributed by atoms with Gasteiger partial charge in [0.1, 0.15) is 12.1 Å². The summed E-state index contributed by atoms with van der Waals surface area (Å²) in [7, 11) is 0. The fourth-order valence-corrected chi connectivity index (χ4v) is 5.00. The zero-order valence-electron chi connectivity index (χ0n) is 16.4. The van der Waals surface area contributed by atoms with Crippen LogP contribution in [-0.4, -0.2) is 40.9 Å². The first-order valence-corrected chi connectivity index (χ1v) is 10.1. The van der Waals surface area contributed by atoms with Crippen molar-refractivity contribution in [1.29, 1.82) is 0 Å². The quantitative estimate of drug-likeness (QED) is 0.802. The van der Waals surface area contributed by atoms with E-state index in [1.54, 1.807) is 4.90 Å². The van der Waals surface area contributed by atoms with Gasteiger partial charge < -0.3 is 10.2 Å². The number of urea groups is 1. The van der Waals surface area contributed by atoms with E-state index < -0.39 is 11.6 Å². The summed E-state index contributed by atoms with van der Waals surface area (Å²) in [5, 5.41) is 2.90. The van der Waals surface area contributed by atoms with Gasteiger partial charge in [0.05, 0.1) is 0 Å². The molecule has 6 heteroatoms. The average Bonchev–Trinajstić information content (AvgIpc) is 3.16. The number of hydrogen-bond acceptors (Lipinski definition) is 3. The van der Waals surface area contributed by atoms with Crippen molar-refractivity contribution < 1.29 is 14.4 Å². The second-order valence-electron chi connectivity index (χ2n) is 8.29. The summed E-state index contributed by atoms with van der Waals surface area (Å²) < 4.78 is 0. The van der Waals surface area contributed by atoms with Crippen molar-refractivity contribution in [2.45, 2.75) is 44.2 Å². The highest BCUT2D eigenvalue weighted by Gasteiger charge is 2.53. The fourth-order valence-electron chi connectivity index (χ4n) is 5.00. The third-order valence-electron chi connectivity index (χ3n) is 6.45. The molecule has 148 valence electrons. The number of anilines is 1. The summed E-state index contributed by atoms with van der Waals surface area (Å²) in [6, 6.07) is 15.4. The van der Waals surface area contributed by atoms with Gasteiger partial charge in [0.15, 0.2) is 0 Å². The molecule has 1 spiro atoms. The fraction of sp³-hybridized carbons (Fsp3) is 0.348. The lowest BCUT2D eigenvalue weighted by Crippen LogP contribution is -2.52. The minimum Gasteiger partial charge on any atom is -0.323 e. The van der Waals surface area contributed by atoms with Crippen LogP contribution in [0, 0.1) is 0 Å². The van der Waals surface area contributed by atoms with Crippen LogP contribution in [0.25, 0.3) is 0 Å². The van der Waals surface area contributed by atoms with Gasteiger partial charge in [-0.2, -0.15) is 0 Å². The molecule has 29 heavy (non-hydrogen) atoms. The van der Waals surface area contributed by atoms with E-state index in [2.05, 4.69) is 11.4 Å². The maximum Gasteiger partial charge on any atom is 0.325 e. The van der Waals surface area contributed by atoms with Gasteiger partial charge in [0.25, 0.3) is 5.91 Å². The number of benzene rings is 2. The molecular formula is C23H23N3O3. The maximum absolute atomic E-state index is 13.3. The van der Waals surface area contributed by atoms with Gasteiger partial charge in [-0.25, -0.2) is 4.79 Å². The molecule has 2 atom stereocenters. The number of imide groups is 1. The number of aryl methyl sites for hydroxylation is 1. The Kier molecular flexibility index (Phi) is 3.98. The van der Waals surface area contributed by atoms with E-state index in [4.69, 9.17) is 0 Å². The molecule has 4 amide bonds. The molecule has 0 bridgehead atoms.